The monoisotopic (exact) mass is 418 g/mol. The molecule has 0 aliphatic carbocycles. The van der Waals surface area contributed by atoms with Gasteiger partial charge in [-0.15, -0.1) is 0 Å². The number of carbonyl (C=O) groups excluding carboxylic acids is 3. The zero-order valence-corrected chi connectivity index (χ0v) is 17.2. The fraction of sp³-hybridized carbons (Fsp3) is 0.300. The summed E-state index contributed by atoms with van der Waals surface area (Å²) in [5.41, 5.74) is 7.25. The largest absolute Gasteiger partial charge is 0.452 e. The van der Waals surface area contributed by atoms with Crippen LogP contribution in [0.1, 0.15) is 35.5 Å². The van der Waals surface area contributed by atoms with Gasteiger partial charge in [-0.2, -0.15) is 5.10 Å². The summed E-state index contributed by atoms with van der Waals surface area (Å²) in [5.74, 6) is -1.39. The average molecular weight is 419 g/mol. The fourth-order valence-corrected chi connectivity index (χ4v) is 2.78. The highest BCUT2D eigenvalue weighted by Gasteiger charge is 2.13. The Bertz CT molecular complexity index is 933. The van der Waals surface area contributed by atoms with Gasteiger partial charge in [-0.25, -0.2) is 4.79 Å². The summed E-state index contributed by atoms with van der Waals surface area (Å²) in [6.07, 6.45) is 2.72. The van der Waals surface area contributed by atoms with E-state index in [1.54, 1.807) is 11.6 Å². The van der Waals surface area contributed by atoms with Crippen molar-refractivity contribution in [2.75, 3.05) is 11.9 Å². The second-order valence-corrected chi connectivity index (χ2v) is 7.15. The Hall–Kier alpha value is -3.13. The molecule has 0 aliphatic rings. The quantitative estimate of drug-likeness (QED) is 0.505. The molecule has 1 aromatic heterocycles. The molecule has 0 bridgehead atoms. The smallest absolute Gasteiger partial charge is 0.331 e. The first-order valence-corrected chi connectivity index (χ1v) is 9.32. The number of nitrogens with zero attached hydrogens (tertiary/aromatic N) is 2. The van der Waals surface area contributed by atoms with Crippen LogP contribution in [-0.2, 0) is 20.9 Å². The molecule has 2 rings (SSSR count). The third kappa shape index (κ3) is 6.46. The van der Waals surface area contributed by atoms with E-state index in [4.69, 9.17) is 22.1 Å². The van der Waals surface area contributed by atoms with Crippen molar-refractivity contribution in [2.24, 2.45) is 11.7 Å². The molecule has 3 N–H and O–H groups in total. The zero-order chi connectivity index (χ0) is 21.6. The van der Waals surface area contributed by atoms with Crippen molar-refractivity contribution in [3.63, 3.8) is 0 Å². The molecule has 1 heterocycles. The number of aryl methyl sites for hydroxylation is 1. The summed E-state index contributed by atoms with van der Waals surface area (Å²) in [6, 6.07) is 6.02. The lowest BCUT2D eigenvalue weighted by Gasteiger charge is -2.06. The van der Waals surface area contributed by atoms with E-state index in [-0.39, 0.29) is 0 Å². The van der Waals surface area contributed by atoms with Gasteiger partial charge < -0.3 is 15.8 Å². The molecule has 2 amide bonds. The number of hydrogen-bond donors (Lipinski definition) is 2. The number of rotatable bonds is 8. The number of esters is 1. The number of ether oxygens (including phenoxy) is 1. The van der Waals surface area contributed by atoms with Crippen LogP contribution in [0.4, 0.5) is 5.69 Å². The van der Waals surface area contributed by atoms with E-state index in [0.717, 1.165) is 0 Å². The fourth-order valence-electron chi connectivity index (χ4n) is 2.47. The molecule has 8 nitrogen and oxygen atoms in total. The van der Waals surface area contributed by atoms with Gasteiger partial charge in [0.05, 0.1) is 5.69 Å². The Morgan fingerprint density at radius 1 is 1.28 bits per heavy atom. The van der Waals surface area contributed by atoms with Crippen LogP contribution in [0.25, 0.3) is 6.08 Å². The van der Waals surface area contributed by atoms with E-state index in [2.05, 4.69) is 24.3 Å². The number of halogens is 1. The molecule has 0 fully saturated rings. The van der Waals surface area contributed by atoms with Gasteiger partial charge >= 0.3 is 5.97 Å². The van der Waals surface area contributed by atoms with Crippen LogP contribution in [0, 0.1) is 12.8 Å². The molecule has 0 atom stereocenters. The van der Waals surface area contributed by atoms with Gasteiger partial charge in [0, 0.05) is 29.4 Å². The average Bonchev–Trinajstić information content (AvgIpc) is 2.91. The normalized spacial score (nSPS) is 11.1. The summed E-state index contributed by atoms with van der Waals surface area (Å²) in [5, 5.41) is 7.35. The number of benzene rings is 1. The van der Waals surface area contributed by atoms with E-state index in [1.807, 2.05) is 0 Å². The summed E-state index contributed by atoms with van der Waals surface area (Å²) in [6.45, 7) is 6.11. The Morgan fingerprint density at radius 3 is 2.52 bits per heavy atom. The summed E-state index contributed by atoms with van der Waals surface area (Å²) < 4.78 is 6.61. The summed E-state index contributed by atoms with van der Waals surface area (Å²) >= 11 is 6.31. The van der Waals surface area contributed by atoms with Crippen LogP contribution < -0.4 is 11.1 Å². The Kier molecular flexibility index (Phi) is 7.55. The molecule has 0 aliphatic heterocycles. The minimum atomic E-state index is -0.684. The second-order valence-electron chi connectivity index (χ2n) is 6.80. The topological polar surface area (TPSA) is 116 Å². The van der Waals surface area contributed by atoms with Crippen molar-refractivity contribution in [2.45, 2.75) is 27.3 Å². The molecule has 29 heavy (non-hydrogen) atoms. The Labute approximate surface area is 173 Å². The van der Waals surface area contributed by atoms with Gasteiger partial charge in [0.25, 0.3) is 5.91 Å². The molecule has 0 spiro atoms. The minimum Gasteiger partial charge on any atom is -0.452 e. The Balaban J connectivity index is 1.88. The molecule has 1 aromatic carbocycles. The molecular weight excluding hydrogens is 396 g/mol. The third-order valence-electron chi connectivity index (χ3n) is 3.83. The summed E-state index contributed by atoms with van der Waals surface area (Å²) in [4.78, 5) is 34.8. The number of anilines is 1. The van der Waals surface area contributed by atoms with Crippen LogP contribution in [0.15, 0.2) is 30.3 Å². The zero-order valence-electron chi connectivity index (χ0n) is 16.4. The van der Waals surface area contributed by atoms with Crippen LogP contribution in [0.3, 0.4) is 0 Å². The van der Waals surface area contributed by atoms with E-state index in [1.165, 1.54) is 36.4 Å². The number of hydrogen-bond acceptors (Lipinski definition) is 5. The second kappa shape index (κ2) is 9.88. The predicted octanol–water partition coefficient (Wildman–Crippen LogP) is 2.79. The molecule has 0 radical (unpaired) electrons. The molecule has 0 unspecified atom stereocenters. The first kappa shape index (κ1) is 22.2. The van der Waals surface area contributed by atoms with E-state index >= 15 is 0 Å². The van der Waals surface area contributed by atoms with Gasteiger partial charge in [-0.05, 0) is 43.2 Å². The first-order valence-electron chi connectivity index (χ1n) is 8.94. The van der Waals surface area contributed by atoms with Crippen LogP contribution in [0.2, 0.25) is 5.15 Å². The first-order chi connectivity index (χ1) is 13.7. The van der Waals surface area contributed by atoms with Crippen LogP contribution in [-0.4, -0.2) is 34.2 Å². The van der Waals surface area contributed by atoms with Gasteiger partial charge in [0.2, 0.25) is 5.91 Å². The number of nitrogens with one attached hydrogen (secondary N) is 1. The molecule has 154 valence electrons. The van der Waals surface area contributed by atoms with E-state index in [0.29, 0.717) is 40.1 Å². The number of amides is 2. The lowest BCUT2D eigenvalue weighted by Crippen LogP contribution is -2.20. The van der Waals surface area contributed by atoms with Crippen molar-refractivity contribution < 1.29 is 19.1 Å². The number of carbonyl (C=O) groups is 3. The minimum absolute atomic E-state index is 0.324. The van der Waals surface area contributed by atoms with Crippen molar-refractivity contribution >= 4 is 41.1 Å². The maximum absolute atomic E-state index is 11.9. The van der Waals surface area contributed by atoms with Gasteiger partial charge in [0.1, 0.15) is 5.15 Å². The molecule has 0 saturated heterocycles. The van der Waals surface area contributed by atoms with Gasteiger partial charge in [0.15, 0.2) is 6.61 Å². The number of nitrogens with two attached hydrogens (primary N) is 1. The Morgan fingerprint density at radius 2 is 1.93 bits per heavy atom. The van der Waals surface area contributed by atoms with Crippen molar-refractivity contribution in [1.82, 2.24) is 9.78 Å². The molecular formula is C20H23ClN4O4. The number of aromatic nitrogens is 2. The lowest BCUT2D eigenvalue weighted by atomic mass is 10.2. The SMILES string of the molecule is Cc1nn(CC(C)C)c(Cl)c1/C=C/C(=O)OCC(=O)Nc1ccc(C(N)=O)cc1. The molecule has 2 aromatic rings. The standard InChI is InChI=1S/C20H23ClN4O4/c1-12(2)10-25-19(21)16(13(3)24-25)8-9-18(27)29-11-17(26)23-15-6-4-14(5-7-15)20(22)28/h4-9,12H,10-11H2,1-3H3,(H2,22,28)(H,23,26)/b9-8+. The van der Waals surface area contributed by atoms with Crippen molar-refractivity contribution in [1.29, 1.82) is 0 Å². The van der Waals surface area contributed by atoms with E-state index < -0.39 is 24.4 Å². The van der Waals surface area contributed by atoms with Gasteiger partial charge in [-0.3, -0.25) is 14.3 Å². The highest BCUT2D eigenvalue weighted by atomic mass is 35.5. The summed E-state index contributed by atoms with van der Waals surface area (Å²) in [7, 11) is 0. The molecule has 0 saturated carbocycles. The number of primary amides is 1. The van der Waals surface area contributed by atoms with E-state index in [9.17, 15) is 14.4 Å². The van der Waals surface area contributed by atoms with Crippen molar-refractivity contribution in [3.05, 3.63) is 52.3 Å². The third-order valence-corrected chi connectivity index (χ3v) is 4.23. The van der Waals surface area contributed by atoms with Gasteiger partial charge in [-0.1, -0.05) is 25.4 Å². The van der Waals surface area contributed by atoms with Crippen LogP contribution in [0.5, 0.6) is 0 Å². The maximum atomic E-state index is 11.9. The predicted molar refractivity (Wildman–Crippen MR) is 110 cm³/mol. The maximum Gasteiger partial charge on any atom is 0.331 e. The van der Waals surface area contributed by atoms with Crippen molar-refractivity contribution in [3.8, 4) is 0 Å². The van der Waals surface area contributed by atoms with Crippen LogP contribution >= 0.6 is 11.6 Å². The lowest BCUT2D eigenvalue weighted by molar-refractivity contribution is -0.142. The highest BCUT2D eigenvalue weighted by Crippen LogP contribution is 2.22. The highest BCUT2D eigenvalue weighted by molar-refractivity contribution is 6.31. The molecule has 9 heteroatoms.